The predicted octanol–water partition coefficient (Wildman–Crippen LogP) is 3.42. The van der Waals surface area contributed by atoms with Gasteiger partial charge in [0.25, 0.3) is 5.91 Å². The van der Waals surface area contributed by atoms with Crippen LogP contribution in [0.4, 0.5) is 5.69 Å². The smallest absolute Gasteiger partial charge is 0.274 e. The predicted molar refractivity (Wildman–Crippen MR) is 95.9 cm³/mol. The Bertz CT molecular complexity index is 790. The van der Waals surface area contributed by atoms with Crippen molar-refractivity contribution >= 4 is 22.9 Å². The van der Waals surface area contributed by atoms with Crippen molar-refractivity contribution < 1.29 is 4.79 Å². The van der Waals surface area contributed by atoms with Crippen LogP contribution in [0.1, 0.15) is 21.7 Å². The van der Waals surface area contributed by atoms with Crippen LogP contribution in [0.25, 0.3) is 0 Å². The summed E-state index contributed by atoms with van der Waals surface area (Å²) < 4.78 is 0. The number of carbonyl (C=O) groups is 1. The average molecular weight is 338 g/mol. The monoisotopic (exact) mass is 338 g/mol. The third-order valence-electron chi connectivity index (χ3n) is 3.45. The molecule has 5 nitrogen and oxygen atoms in total. The Morgan fingerprint density at radius 1 is 1.17 bits per heavy atom. The largest absolute Gasteiger partial charge is 0.321 e. The summed E-state index contributed by atoms with van der Waals surface area (Å²) in [4.78, 5) is 22.7. The van der Waals surface area contributed by atoms with E-state index in [0.717, 1.165) is 30.0 Å². The van der Waals surface area contributed by atoms with Gasteiger partial charge in [0.15, 0.2) is 0 Å². The highest BCUT2D eigenvalue weighted by atomic mass is 32.1. The van der Waals surface area contributed by atoms with Crippen LogP contribution >= 0.6 is 11.3 Å². The van der Waals surface area contributed by atoms with E-state index in [2.05, 4.69) is 32.6 Å². The lowest BCUT2D eigenvalue weighted by molar-refractivity contribution is 0.102. The summed E-state index contributed by atoms with van der Waals surface area (Å²) >= 11 is 1.60. The maximum atomic E-state index is 12.2. The van der Waals surface area contributed by atoms with Gasteiger partial charge in [0, 0.05) is 30.4 Å². The molecule has 1 amide bonds. The average Bonchev–Trinajstić information content (AvgIpc) is 3.08. The molecule has 0 aliphatic heterocycles. The van der Waals surface area contributed by atoms with Crippen LogP contribution in [0.3, 0.4) is 0 Å². The van der Waals surface area contributed by atoms with Crippen LogP contribution in [0.2, 0.25) is 0 Å². The van der Waals surface area contributed by atoms with Gasteiger partial charge < -0.3 is 5.32 Å². The molecule has 0 radical (unpaired) electrons. The van der Waals surface area contributed by atoms with Crippen LogP contribution in [-0.2, 0) is 13.1 Å². The summed E-state index contributed by atoms with van der Waals surface area (Å²) in [6.07, 6.45) is 1.61. The quantitative estimate of drug-likeness (QED) is 0.748. The highest BCUT2D eigenvalue weighted by Crippen LogP contribution is 2.14. The Hall–Kier alpha value is -2.57. The van der Waals surface area contributed by atoms with Gasteiger partial charge in [-0.15, -0.1) is 11.3 Å². The van der Waals surface area contributed by atoms with Crippen molar-refractivity contribution in [3.63, 3.8) is 0 Å². The highest BCUT2D eigenvalue weighted by molar-refractivity contribution is 7.07. The number of pyridine rings is 1. The summed E-state index contributed by atoms with van der Waals surface area (Å²) in [5.74, 6) is -0.205. The Labute approximate surface area is 145 Å². The Morgan fingerprint density at radius 3 is 2.83 bits per heavy atom. The van der Waals surface area contributed by atoms with Crippen LogP contribution < -0.4 is 5.32 Å². The number of carbonyl (C=O) groups excluding carboxylic acids is 1. The normalized spacial score (nSPS) is 10.8. The Morgan fingerprint density at radius 2 is 2.08 bits per heavy atom. The topological polar surface area (TPSA) is 58.1 Å². The van der Waals surface area contributed by atoms with E-state index in [-0.39, 0.29) is 5.91 Å². The first-order valence-electron chi connectivity index (χ1n) is 7.57. The summed E-state index contributed by atoms with van der Waals surface area (Å²) in [5, 5.41) is 4.94. The van der Waals surface area contributed by atoms with Crippen molar-refractivity contribution in [3.8, 4) is 0 Å². The molecule has 1 N–H and O–H groups in total. The van der Waals surface area contributed by atoms with Crippen molar-refractivity contribution in [2.24, 2.45) is 0 Å². The fourth-order valence-corrected chi connectivity index (χ4v) is 2.95. The molecular formula is C18H18N4OS. The number of benzene rings is 1. The van der Waals surface area contributed by atoms with Crippen LogP contribution in [0.15, 0.2) is 59.6 Å². The minimum atomic E-state index is -0.205. The number of nitrogens with one attached hydrogen (secondary N) is 1. The molecule has 24 heavy (non-hydrogen) atoms. The van der Waals surface area contributed by atoms with Crippen molar-refractivity contribution in [2.45, 2.75) is 13.1 Å². The maximum absolute atomic E-state index is 12.2. The maximum Gasteiger partial charge on any atom is 0.274 e. The molecule has 0 bridgehead atoms. The first kappa shape index (κ1) is 16.3. The van der Waals surface area contributed by atoms with Gasteiger partial charge in [-0.05, 0) is 36.9 Å². The van der Waals surface area contributed by atoms with Gasteiger partial charge in [-0.3, -0.25) is 14.7 Å². The third-order valence-corrected chi connectivity index (χ3v) is 4.09. The highest BCUT2D eigenvalue weighted by Gasteiger charge is 2.08. The van der Waals surface area contributed by atoms with Gasteiger partial charge >= 0.3 is 0 Å². The van der Waals surface area contributed by atoms with Crippen molar-refractivity contribution in [1.82, 2.24) is 14.9 Å². The van der Waals surface area contributed by atoms with Gasteiger partial charge in [0.1, 0.15) is 5.69 Å². The summed E-state index contributed by atoms with van der Waals surface area (Å²) in [5.41, 5.74) is 5.22. The zero-order valence-electron chi connectivity index (χ0n) is 13.3. The molecule has 2 heterocycles. The molecule has 0 saturated carbocycles. The number of amides is 1. The zero-order chi connectivity index (χ0) is 16.8. The lowest BCUT2D eigenvalue weighted by Crippen LogP contribution is -2.18. The van der Waals surface area contributed by atoms with E-state index in [9.17, 15) is 4.79 Å². The second kappa shape index (κ2) is 7.81. The van der Waals surface area contributed by atoms with Gasteiger partial charge in [0.2, 0.25) is 0 Å². The van der Waals surface area contributed by atoms with Gasteiger partial charge in [-0.1, -0.05) is 18.2 Å². The molecule has 0 unspecified atom stereocenters. The van der Waals surface area contributed by atoms with Crippen LogP contribution in [0.5, 0.6) is 0 Å². The van der Waals surface area contributed by atoms with E-state index < -0.39 is 0 Å². The van der Waals surface area contributed by atoms with E-state index in [1.165, 1.54) is 0 Å². The number of hydrogen-bond donors (Lipinski definition) is 1. The first-order valence-corrected chi connectivity index (χ1v) is 8.52. The summed E-state index contributed by atoms with van der Waals surface area (Å²) in [7, 11) is 2.05. The molecule has 0 atom stereocenters. The second-order valence-electron chi connectivity index (χ2n) is 5.52. The van der Waals surface area contributed by atoms with Gasteiger partial charge in [-0.2, -0.15) is 0 Å². The third kappa shape index (κ3) is 4.47. The molecule has 0 saturated heterocycles. The molecule has 6 heteroatoms. The van der Waals surface area contributed by atoms with E-state index >= 15 is 0 Å². The number of nitrogens with zero attached hydrogens (tertiary/aromatic N) is 3. The zero-order valence-corrected chi connectivity index (χ0v) is 14.2. The van der Waals surface area contributed by atoms with E-state index in [1.54, 1.807) is 35.7 Å². The number of aromatic nitrogens is 2. The van der Waals surface area contributed by atoms with E-state index in [0.29, 0.717) is 5.69 Å². The molecule has 0 fully saturated rings. The summed E-state index contributed by atoms with van der Waals surface area (Å²) in [6.45, 7) is 1.58. The second-order valence-corrected chi connectivity index (χ2v) is 6.24. The lowest BCUT2D eigenvalue weighted by Gasteiger charge is -2.16. The van der Waals surface area contributed by atoms with Crippen molar-refractivity contribution in [3.05, 3.63) is 76.5 Å². The molecule has 1 aromatic carbocycles. The molecule has 0 aliphatic carbocycles. The number of anilines is 1. The van der Waals surface area contributed by atoms with Gasteiger partial charge in [-0.25, -0.2) is 4.98 Å². The standard InChI is InChI=1S/C18H18N4OS/c1-22(11-16-12-24-13-20-16)10-14-5-4-6-15(9-14)21-18(23)17-7-2-3-8-19-17/h2-9,12-13H,10-11H2,1H3,(H,21,23). The Balaban J connectivity index is 1.62. The minimum Gasteiger partial charge on any atom is -0.321 e. The first-order chi connectivity index (χ1) is 11.7. The van der Waals surface area contributed by atoms with Crippen LogP contribution in [0, 0.1) is 0 Å². The Kier molecular flexibility index (Phi) is 5.30. The van der Waals surface area contributed by atoms with Crippen molar-refractivity contribution in [1.29, 1.82) is 0 Å². The van der Waals surface area contributed by atoms with E-state index in [1.807, 2.05) is 29.8 Å². The van der Waals surface area contributed by atoms with E-state index in [4.69, 9.17) is 0 Å². The van der Waals surface area contributed by atoms with Crippen molar-refractivity contribution in [2.75, 3.05) is 12.4 Å². The SMILES string of the molecule is CN(Cc1cccc(NC(=O)c2ccccn2)c1)Cc1cscn1. The van der Waals surface area contributed by atoms with Gasteiger partial charge in [0.05, 0.1) is 11.2 Å². The van der Waals surface area contributed by atoms with Crippen LogP contribution in [-0.4, -0.2) is 27.8 Å². The molecular weight excluding hydrogens is 320 g/mol. The fourth-order valence-electron chi connectivity index (χ4n) is 2.40. The number of thiazole rings is 1. The molecule has 3 aromatic rings. The molecule has 0 spiro atoms. The lowest BCUT2D eigenvalue weighted by atomic mass is 10.2. The minimum absolute atomic E-state index is 0.205. The summed E-state index contributed by atoms with van der Waals surface area (Å²) in [6, 6.07) is 13.1. The molecule has 2 aromatic heterocycles. The fraction of sp³-hybridized carbons (Fsp3) is 0.167. The molecule has 122 valence electrons. The number of rotatable bonds is 6. The number of hydrogen-bond acceptors (Lipinski definition) is 5. The molecule has 0 aliphatic rings. The molecule has 3 rings (SSSR count).